The van der Waals surface area contributed by atoms with Crippen molar-refractivity contribution < 1.29 is 9.18 Å². The number of benzene rings is 2. The largest absolute Gasteiger partial charge is 0.319 e. The van der Waals surface area contributed by atoms with Crippen LogP contribution in [0.2, 0.25) is 0 Å². The molecule has 0 bridgehead atoms. The first-order valence-corrected chi connectivity index (χ1v) is 9.71. The molecule has 0 fully saturated rings. The summed E-state index contributed by atoms with van der Waals surface area (Å²) in [5, 5.41) is 7.43. The standard InChI is InChI=1S/C24H26FN3O/c1-16(2)21-10-5-19(6-11-21)9-14-23(29)26-24-17(3)27-28(18(24)4)15-20-7-12-22(25)13-8-20/h5-14,16H,15H2,1-4H3,(H,26,29)/b14-9+. The highest BCUT2D eigenvalue weighted by atomic mass is 19.1. The van der Waals surface area contributed by atoms with Gasteiger partial charge in [0.15, 0.2) is 0 Å². The van der Waals surface area contributed by atoms with E-state index in [1.807, 2.05) is 30.7 Å². The van der Waals surface area contributed by atoms with Gasteiger partial charge in [0.05, 0.1) is 23.6 Å². The van der Waals surface area contributed by atoms with E-state index in [0.717, 1.165) is 22.5 Å². The van der Waals surface area contributed by atoms with Crippen molar-refractivity contribution in [2.75, 3.05) is 5.32 Å². The molecule has 1 N–H and O–H groups in total. The smallest absolute Gasteiger partial charge is 0.248 e. The number of carbonyl (C=O) groups excluding carboxylic acids is 1. The fourth-order valence-electron chi connectivity index (χ4n) is 3.12. The van der Waals surface area contributed by atoms with Crippen LogP contribution in [0.4, 0.5) is 10.1 Å². The average molecular weight is 391 g/mol. The summed E-state index contributed by atoms with van der Waals surface area (Å²) in [5.41, 5.74) is 5.50. The van der Waals surface area contributed by atoms with Gasteiger partial charge < -0.3 is 5.32 Å². The predicted octanol–water partition coefficient (Wildman–Crippen LogP) is 5.46. The number of amides is 1. The maximum atomic E-state index is 13.1. The van der Waals surface area contributed by atoms with E-state index in [0.29, 0.717) is 18.2 Å². The van der Waals surface area contributed by atoms with Gasteiger partial charge in [-0.05, 0) is 54.7 Å². The second-order valence-electron chi connectivity index (χ2n) is 7.47. The molecule has 0 saturated carbocycles. The molecule has 1 amide bonds. The van der Waals surface area contributed by atoms with Gasteiger partial charge >= 0.3 is 0 Å². The maximum absolute atomic E-state index is 13.1. The van der Waals surface area contributed by atoms with Gasteiger partial charge in [0, 0.05) is 6.08 Å². The van der Waals surface area contributed by atoms with E-state index in [1.54, 1.807) is 18.2 Å². The quantitative estimate of drug-likeness (QED) is 0.567. The lowest BCUT2D eigenvalue weighted by Crippen LogP contribution is -2.10. The third kappa shape index (κ3) is 5.19. The van der Waals surface area contributed by atoms with Crippen molar-refractivity contribution in [1.82, 2.24) is 9.78 Å². The lowest BCUT2D eigenvalue weighted by atomic mass is 10.0. The van der Waals surface area contributed by atoms with E-state index >= 15 is 0 Å². The minimum absolute atomic E-state index is 0.203. The zero-order valence-corrected chi connectivity index (χ0v) is 17.2. The van der Waals surface area contributed by atoms with Crippen LogP contribution < -0.4 is 5.32 Å². The molecule has 0 spiro atoms. The Morgan fingerprint density at radius 1 is 1.10 bits per heavy atom. The summed E-state index contributed by atoms with van der Waals surface area (Å²) in [4.78, 5) is 12.4. The highest BCUT2D eigenvalue weighted by Gasteiger charge is 2.13. The maximum Gasteiger partial charge on any atom is 0.248 e. The number of rotatable bonds is 6. The van der Waals surface area contributed by atoms with E-state index in [1.165, 1.54) is 23.8 Å². The van der Waals surface area contributed by atoms with Crippen molar-refractivity contribution in [3.63, 3.8) is 0 Å². The molecule has 0 unspecified atom stereocenters. The lowest BCUT2D eigenvalue weighted by molar-refractivity contribution is -0.111. The zero-order valence-electron chi connectivity index (χ0n) is 17.2. The van der Waals surface area contributed by atoms with Crippen LogP contribution in [0.15, 0.2) is 54.6 Å². The number of hydrogen-bond donors (Lipinski definition) is 1. The first kappa shape index (κ1) is 20.5. The van der Waals surface area contributed by atoms with Crippen molar-refractivity contribution in [3.8, 4) is 0 Å². The van der Waals surface area contributed by atoms with E-state index in [4.69, 9.17) is 0 Å². The Morgan fingerprint density at radius 3 is 2.38 bits per heavy atom. The molecular weight excluding hydrogens is 365 g/mol. The molecule has 0 aliphatic rings. The van der Waals surface area contributed by atoms with Crippen molar-refractivity contribution in [2.24, 2.45) is 0 Å². The van der Waals surface area contributed by atoms with Crippen molar-refractivity contribution >= 4 is 17.7 Å². The molecule has 0 aliphatic heterocycles. The van der Waals surface area contributed by atoms with Crippen LogP contribution in [0.25, 0.3) is 6.08 Å². The molecule has 0 radical (unpaired) electrons. The summed E-state index contributed by atoms with van der Waals surface area (Å²) < 4.78 is 14.9. The number of anilines is 1. The van der Waals surface area contributed by atoms with E-state index in [-0.39, 0.29) is 11.7 Å². The molecule has 4 nitrogen and oxygen atoms in total. The van der Waals surface area contributed by atoms with Gasteiger partial charge in [0.25, 0.3) is 0 Å². The third-order valence-electron chi connectivity index (χ3n) is 4.91. The van der Waals surface area contributed by atoms with Crippen LogP contribution in [0.5, 0.6) is 0 Å². The topological polar surface area (TPSA) is 46.9 Å². The molecule has 0 aliphatic carbocycles. The first-order valence-electron chi connectivity index (χ1n) is 9.71. The van der Waals surface area contributed by atoms with Crippen LogP contribution in [-0.2, 0) is 11.3 Å². The van der Waals surface area contributed by atoms with E-state index in [9.17, 15) is 9.18 Å². The predicted molar refractivity (Wildman–Crippen MR) is 115 cm³/mol. The molecule has 5 heteroatoms. The fraction of sp³-hybridized carbons (Fsp3) is 0.250. The fourth-order valence-corrected chi connectivity index (χ4v) is 3.12. The van der Waals surface area contributed by atoms with Crippen LogP contribution in [-0.4, -0.2) is 15.7 Å². The Bertz CT molecular complexity index is 1020. The second-order valence-corrected chi connectivity index (χ2v) is 7.47. The van der Waals surface area contributed by atoms with Gasteiger partial charge in [0.2, 0.25) is 5.91 Å². The molecule has 150 valence electrons. The Morgan fingerprint density at radius 2 is 1.76 bits per heavy atom. The summed E-state index contributed by atoms with van der Waals surface area (Å²) in [6.45, 7) is 8.59. The Hall–Kier alpha value is -3.21. The summed E-state index contributed by atoms with van der Waals surface area (Å²) in [6, 6.07) is 14.5. The Labute approximate surface area is 171 Å². The third-order valence-corrected chi connectivity index (χ3v) is 4.91. The van der Waals surface area contributed by atoms with Gasteiger partial charge in [-0.25, -0.2) is 4.39 Å². The average Bonchev–Trinajstić information content (AvgIpc) is 2.96. The second kappa shape index (κ2) is 8.86. The molecule has 2 aromatic carbocycles. The Balaban J connectivity index is 1.68. The number of halogens is 1. The number of nitrogens with zero attached hydrogens (tertiary/aromatic N) is 2. The highest BCUT2D eigenvalue weighted by Crippen LogP contribution is 2.21. The van der Waals surface area contributed by atoms with Gasteiger partial charge in [-0.2, -0.15) is 5.10 Å². The molecule has 1 aromatic heterocycles. The number of aryl methyl sites for hydroxylation is 1. The summed E-state index contributed by atoms with van der Waals surface area (Å²) in [5.74, 6) is 0.0138. The molecular formula is C24H26FN3O. The summed E-state index contributed by atoms with van der Waals surface area (Å²) in [6.07, 6.45) is 3.33. The zero-order chi connectivity index (χ0) is 21.0. The molecule has 1 heterocycles. The molecule has 29 heavy (non-hydrogen) atoms. The minimum atomic E-state index is -0.263. The van der Waals surface area contributed by atoms with Crippen molar-refractivity contribution in [2.45, 2.75) is 40.2 Å². The number of nitrogens with one attached hydrogen (secondary N) is 1. The first-order chi connectivity index (χ1) is 13.8. The minimum Gasteiger partial charge on any atom is -0.319 e. The molecule has 3 aromatic rings. The van der Waals surface area contributed by atoms with Crippen LogP contribution in [0, 0.1) is 19.7 Å². The van der Waals surface area contributed by atoms with Crippen LogP contribution in [0.1, 0.15) is 47.8 Å². The van der Waals surface area contributed by atoms with Gasteiger partial charge in [-0.3, -0.25) is 9.48 Å². The van der Waals surface area contributed by atoms with Crippen molar-refractivity contribution in [3.05, 3.63) is 88.5 Å². The van der Waals surface area contributed by atoms with E-state index < -0.39 is 0 Å². The van der Waals surface area contributed by atoms with E-state index in [2.05, 4.69) is 36.4 Å². The number of carbonyl (C=O) groups is 1. The number of hydrogen-bond acceptors (Lipinski definition) is 2. The molecule has 3 rings (SSSR count). The summed E-state index contributed by atoms with van der Waals surface area (Å²) >= 11 is 0. The monoisotopic (exact) mass is 391 g/mol. The van der Waals surface area contributed by atoms with Crippen LogP contribution in [0.3, 0.4) is 0 Å². The SMILES string of the molecule is Cc1nn(Cc2ccc(F)cc2)c(C)c1NC(=O)/C=C/c1ccc(C(C)C)cc1. The number of aromatic nitrogens is 2. The highest BCUT2D eigenvalue weighted by molar-refractivity contribution is 6.02. The lowest BCUT2D eigenvalue weighted by Gasteiger charge is -2.06. The van der Waals surface area contributed by atoms with Crippen molar-refractivity contribution in [1.29, 1.82) is 0 Å². The van der Waals surface area contributed by atoms with Crippen LogP contribution >= 0.6 is 0 Å². The molecule has 0 saturated heterocycles. The van der Waals surface area contributed by atoms with Gasteiger partial charge in [-0.15, -0.1) is 0 Å². The Kier molecular flexibility index (Phi) is 6.27. The van der Waals surface area contributed by atoms with Gasteiger partial charge in [0.1, 0.15) is 5.82 Å². The van der Waals surface area contributed by atoms with Gasteiger partial charge in [-0.1, -0.05) is 50.2 Å². The normalized spacial score (nSPS) is 11.4. The molecule has 0 atom stereocenters. The summed E-state index contributed by atoms with van der Waals surface area (Å²) in [7, 11) is 0.